The van der Waals surface area contributed by atoms with Crippen LogP contribution in [-0.2, 0) is 11.2 Å². The molecule has 4 nitrogen and oxygen atoms in total. The number of carbonyl (C=O) groups excluding carboxylic acids is 1. The van der Waals surface area contributed by atoms with Gasteiger partial charge < -0.3 is 15.4 Å². The lowest BCUT2D eigenvalue weighted by Crippen LogP contribution is -2.51. The normalized spacial score (nSPS) is 18.4. The minimum Gasteiger partial charge on any atom is -0.478 e. The molecule has 0 radical (unpaired) electrons. The predicted octanol–water partition coefficient (Wildman–Crippen LogP) is 2.35. The van der Waals surface area contributed by atoms with Gasteiger partial charge in [0.1, 0.15) is 5.75 Å². The average Bonchev–Trinajstić information content (AvgIpc) is 2.37. The van der Waals surface area contributed by atoms with E-state index in [9.17, 15) is 4.79 Å². The van der Waals surface area contributed by atoms with Crippen molar-refractivity contribution in [3.63, 3.8) is 0 Å². The van der Waals surface area contributed by atoms with Gasteiger partial charge in [0, 0.05) is 6.04 Å². The van der Waals surface area contributed by atoms with Gasteiger partial charge in [-0.05, 0) is 50.4 Å². The molecule has 2 rings (SSSR count). The summed E-state index contributed by atoms with van der Waals surface area (Å²) in [4.78, 5) is 14.5. The Bertz CT molecular complexity index is 497. The third-order valence-corrected chi connectivity index (χ3v) is 3.57. The number of amides is 1. The van der Waals surface area contributed by atoms with Crippen LogP contribution in [0.25, 0.3) is 0 Å². The molecule has 0 aromatic heterocycles. The van der Waals surface area contributed by atoms with Gasteiger partial charge in [-0.15, -0.1) is 0 Å². The van der Waals surface area contributed by atoms with E-state index in [0.717, 1.165) is 23.4 Å². The minimum atomic E-state index is -0.398. The highest BCUT2D eigenvalue weighted by atomic mass is 16.5. The highest BCUT2D eigenvalue weighted by molar-refractivity contribution is 6.00. The molecule has 1 amide bonds. The van der Waals surface area contributed by atoms with E-state index in [1.165, 1.54) is 0 Å². The molecule has 1 aliphatic heterocycles. The van der Waals surface area contributed by atoms with Gasteiger partial charge in [0.25, 0.3) is 5.91 Å². The Balaban J connectivity index is 2.45. The number of rotatable bonds is 4. The lowest BCUT2D eigenvalue weighted by Gasteiger charge is -2.38. The number of fused-ring (bicyclic) bond motifs is 1. The monoisotopic (exact) mass is 276 g/mol. The standard InChI is InChI=1S/C16H24N2O2/c1-10(2)15-16(19)18(11(3)4)13-9-12(7-8-17)5-6-14(13)20-15/h5-6,9-11,15H,7-8,17H2,1-4H3. The van der Waals surface area contributed by atoms with Gasteiger partial charge in [0.05, 0.1) is 5.69 Å². The first-order valence-electron chi connectivity index (χ1n) is 7.28. The number of nitrogens with zero attached hydrogens (tertiary/aromatic N) is 1. The zero-order valence-corrected chi connectivity index (χ0v) is 12.7. The summed E-state index contributed by atoms with van der Waals surface area (Å²) in [7, 11) is 0. The second-order valence-electron chi connectivity index (χ2n) is 5.93. The molecule has 2 N–H and O–H groups in total. The Kier molecular flexibility index (Phi) is 4.33. The van der Waals surface area contributed by atoms with Crippen LogP contribution >= 0.6 is 0 Å². The van der Waals surface area contributed by atoms with Crippen LogP contribution < -0.4 is 15.4 Å². The Morgan fingerprint density at radius 3 is 2.55 bits per heavy atom. The second-order valence-corrected chi connectivity index (χ2v) is 5.93. The molecule has 20 heavy (non-hydrogen) atoms. The number of carbonyl (C=O) groups is 1. The molecule has 1 aromatic rings. The smallest absolute Gasteiger partial charge is 0.268 e. The molecular formula is C16H24N2O2. The van der Waals surface area contributed by atoms with Gasteiger partial charge >= 0.3 is 0 Å². The highest BCUT2D eigenvalue weighted by Crippen LogP contribution is 2.37. The second kappa shape index (κ2) is 5.83. The zero-order chi connectivity index (χ0) is 14.9. The molecule has 1 aliphatic rings. The van der Waals surface area contributed by atoms with E-state index in [0.29, 0.717) is 6.54 Å². The molecule has 0 saturated heterocycles. The Hall–Kier alpha value is -1.55. The molecule has 0 aliphatic carbocycles. The third kappa shape index (κ3) is 2.66. The van der Waals surface area contributed by atoms with Crippen molar-refractivity contribution in [2.45, 2.75) is 46.3 Å². The third-order valence-electron chi connectivity index (χ3n) is 3.57. The fourth-order valence-corrected chi connectivity index (χ4v) is 2.57. The Morgan fingerprint density at radius 2 is 2.00 bits per heavy atom. The zero-order valence-electron chi connectivity index (χ0n) is 12.7. The van der Waals surface area contributed by atoms with E-state index in [2.05, 4.69) is 0 Å². The summed E-state index contributed by atoms with van der Waals surface area (Å²) in [6.45, 7) is 8.67. The Morgan fingerprint density at radius 1 is 1.30 bits per heavy atom. The summed E-state index contributed by atoms with van der Waals surface area (Å²) in [5.41, 5.74) is 7.61. The van der Waals surface area contributed by atoms with Crippen LogP contribution in [0.15, 0.2) is 18.2 Å². The van der Waals surface area contributed by atoms with E-state index in [1.807, 2.05) is 50.8 Å². The van der Waals surface area contributed by atoms with E-state index in [1.54, 1.807) is 0 Å². The summed E-state index contributed by atoms with van der Waals surface area (Å²) in [6.07, 6.45) is 0.409. The van der Waals surface area contributed by atoms with E-state index >= 15 is 0 Å². The summed E-state index contributed by atoms with van der Waals surface area (Å²) in [6, 6.07) is 6.12. The lowest BCUT2D eigenvalue weighted by molar-refractivity contribution is -0.128. The summed E-state index contributed by atoms with van der Waals surface area (Å²) >= 11 is 0. The molecule has 1 unspecified atom stereocenters. The van der Waals surface area contributed by atoms with Gasteiger partial charge in [-0.3, -0.25) is 4.79 Å². The van der Waals surface area contributed by atoms with Crippen LogP contribution in [0.1, 0.15) is 33.3 Å². The number of anilines is 1. The number of hydrogen-bond donors (Lipinski definition) is 1. The molecule has 0 spiro atoms. The first kappa shape index (κ1) is 14.9. The van der Waals surface area contributed by atoms with Gasteiger partial charge in [0.2, 0.25) is 0 Å². The molecule has 1 heterocycles. The molecule has 1 atom stereocenters. The van der Waals surface area contributed by atoms with Crippen LogP contribution in [0.4, 0.5) is 5.69 Å². The first-order chi connectivity index (χ1) is 9.45. The number of benzene rings is 1. The number of hydrogen-bond acceptors (Lipinski definition) is 3. The van der Waals surface area contributed by atoms with Gasteiger partial charge in [-0.2, -0.15) is 0 Å². The summed E-state index contributed by atoms with van der Waals surface area (Å²) in [5.74, 6) is 0.991. The van der Waals surface area contributed by atoms with Crippen molar-refractivity contribution in [3.8, 4) is 5.75 Å². The summed E-state index contributed by atoms with van der Waals surface area (Å²) in [5, 5.41) is 0. The van der Waals surface area contributed by atoms with Crippen molar-refractivity contribution >= 4 is 11.6 Å². The molecule has 0 saturated carbocycles. The predicted molar refractivity (Wildman–Crippen MR) is 81.1 cm³/mol. The fraction of sp³-hybridized carbons (Fsp3) is 0.562. The summed E-state index contributed by atoms with van der Waals surface area (Å²) < 4.78 is 5.90. The molecule has 110 valence electrons. The molecular weight excluding hydrogens is 252 g/mol. The SMILES string of the molecule is CC(C)C1Oc2ccc(CCN)cc2N(C(C)C)C1=O. The van der Waals surface area contributed by atoms with E-state index in [4.69, 9.17) is 10.5 Å². The molecule has 0 bridgehead atoms. The minimum absolute atomic E-state index is 0.0485. The van der Waals surface area contributed by atoms with Crippen molar-refractivity contribution in [2.75, 3.05) is 11.4 Å². The van der Waals surface area contributed by atoms with Crippen LogP contribution in [0.3, 0.4) is 0 Å². The van der Waals surface area contributed by atoms with Crippen LogP contribution in [0.2, 0.25) is 0 Å². The van der Waals surface area contributed by atoms with Gasteiger partial charge in [-0.25, -0.2) is 0 Å². The van der Waals surface area contributed by atoms with Crippen molar-refractivity contribution < 1.29 is 9.53 Å². The van der Waals surface area contributed by atoms with E-state index < -0.39 is 6.10 Å². The maximum Gasteiger partial charge on any atom is 0.268 e. The van der Waals surface area contributed by atoms with Crippen molar-refractivity contribution in [1.82, 2.24) is 0 Å². The largest absolute Gasteiger partial charge is 0.478 e. The molecule has 4 heteroatoms. The number of nitrogens with two attached hydrogens (primary N) is 1. The van der Waals surface area contributed by atoms with E-state index in [-0.39, 0.29) is 17.9 Å². The lowest BCUT2D eigenvalue weighted by atomic mass is 10.0. The van der Waals surface area contributed by atoms with Crippen molar-refractivity contribution in [2.24, 2.45) is 11.7 Å². The van der Waals surface area contributed by atoms with Crippen LogP contribution in [0.5, 0.6) is 5.75 Å². The van der Waals surface area contributed by atoms with Crippen LogP contribution in [-0.4, -0.2) is 24.6 Å². The van der Waals surface area contributed by atoms with Gasteiger partial charge in [0.15, 0.2) is 6.10 Å². The highest BCUT2D eigenvalue weighted by Gasteiger charge is 2.37. The van der Waals surface area contributed by atoms with Crippen molar-refractivity contribution in [1.29, 1.82) is 0 Å². The first-order valence-corrected chi connectivity index (χ1v) is 7.28. The van der Waals surface area contributed by atoms with Crippen LogP contribution in [0, 0.1) is 5.92 Å². The number of ether oxygens (including phenoxy) is 1. The fourth-order valence-electron chi connectivity index (χ4n) is 2.57. The topological polar surface area (TPSA) is 55.6 Å². The van der Waals surface area contributed by atoms with Crippen molar-refractivity contribution in [3.05, 3.63) is 23.8 Å². The Labute approximate surface area is 120 Å². The van der Waals surface area contributed by atoms with Gasteiger partial charge in [-0.1, -0.05) is 19.9 Å². The molecule has 1 aromatic carbocycles. The molecule has 0 fully saturated rings. The average molecular weight is 276 g/mol. The maximum atomic E-state index is 12.6. The maximum absolute atomic E-state index is 12.6. The quantitative estimate of drug-likeness (QED) is 0.918.